The first kappa shape index (κ1) is 75.1. The van der Waals surface area contributed by atoms with E-state index in [1.807, 2.05) is 0 Å². The van der Waals surface area contributed by atoms with E-state index in [0.29, 0.717) is 0 Å². The summed E-state index contributed by atoms with van der Waals surface area (Å²) in [6.07, 6.45) is -16.6. The number of carbonyl (C=O) groups excluding carboxylic acids is 8. The molecule has 0 spiro atoms. The molecule has 11 unspecified atom stereocenters. The van der Waals surface area contributed by atoms with Gasteiger partial charge in [0.15, 0.2) is 29.9 Å². The van der Waals surface area contributed by atoms with Crippen molar-refractivity contribution in [2.75, 3.05) is 27.1 Å². The van der Waals surface area contributed by atoms with Crippen molar-refractivity contribution in [3.05, 3.63) is 119 Å². The highest BCUT2D eigenvalue weighted by atomic mass is 16.7. The van der Waals surface area contributed by atoms with E-state index >= 15 is 9.59 Å². The molecule has 3 aliphatic carbocycles. The molecule has 5 fully saturated rings. The first-order valence-electron chi connectivity index (χ1n) is 32.4. The molecule has 3 aromatic rings. The van der Waals surface area contributed by atoms with E-state index in [9.17, 15) is 59.4 Å². The van der Waals surface area contributed by atoms with E-state index in [1.54, 1.807) is 66.7 Å². The fourth-order valence-corrected chi connectivity index (χ4v) is 16.0. The van der Waals surface area contributed by atoms with Gasteiger partial charge in [0.05, 0.1) is 54.3 Å². The highest BCUT2D eigenvalue weighted by Gasteiger charge is 2.79. The van der Waals surface area contributed by atoms with Crippen molar-refractivity contribution in [2.24, 2.45) is 16.7 Å². The molecule has 536 valence electrons. The average Bonchev–Trinajstić information content (AvgIpc) is 0.817. The molecule has 3 heterocycles. The molecule has 0 radical (unpaired) electrons. The van der Waals surface area contributed by atoms with Gasteiger partial charge in [-0.1, -0.05) is 80.6 Å². The number of amides is 2. The standard InChI is InChI=1S/C71H92N2O25/c1-37-45(33-71(87)54(94-56(80)44-30-24-19-25-31-44)52-63(9,46(77)32-47-70(52,35-90-47)96-41(5)76)53(78)50(92-40(4)75)48(37)61(71,6)7)93-57(81)51(49(42-26-20-17-21-27-42)72-55(79)43-28-22-18-23-29-43)91-36-89-34-62(8)58(82)66(12,88-16)64(10,73-39(3)74)60(97-62)98-69(15)67(13,59(83)84)95-38(2)65(11,85)68(69,14)86/h17-31,38,45-47,49-52,54,58,60,77,82,85-87H,32-36H2,1-16H3,(H,72,79)(H,73,74)(H,83,84)/p-1/t38?,45?,46-,47+,49-,50+,51+,52-,54-,58?,60?,62?,63+,64?,65?,66?,67?,68?,69?,70-,71+/m0/s1. The molecule has 3 aromatic carbocycles. The monoisotopic (exact) mass is 1370 g/mol. The zero-order valence-corrected chi connectivity index (χ0v) is 57.9. The number of nitrogens with one attached hydrogen (secondary N) is 2. The summed E-state index contributed by atoms with van der Waals surface area (Å²) in [5.41, 5.74) is -24.3. The lowest BCUT2D eigenvalue weighted by Crippen LogP contribution is -2.87. The van der Waals surface area contributed by atoms with Crippen molar-refractivity contribution in [2.45, 2.75) is 228 Å². The minimum Gasteiger partial charge on any atom is -0.547 e. The second-order valence-corrected chi connectivity index (χ2v) is 28.8. The number of carboxylic acid groups (broad SMARTS) is 1. The lowest BCUT2D eigenvalue weighted by molar-refractivity contribution is -0.442. The Morgan fingerprint density at radius 2 is 1.35 bits per heavy atom. The smallest absolute Gasteiger partial charge is 0.338 e. The number of hydrogen-bond donors (Lipinski definition) is 7. The van der Waals surface area contributed by atoms with Gasteiger partial charge in [-0.3, -0.25) is 24.0 Å². The Morgan fingerprint density at radius 3 is 1.88 bits per heavy atom. The van der Waals surface area contributed by atoms with E-state index in [0.717, 1.165) is 41.5 Å². The van der Waals surface area contributed by atoms with Gasteiger partial charge in [0, 0.05) is 51.7 Å². The fraction of sp³-hybridized carbons (Fsp3) is 0.606. The fourth-order valence-electron chi connectivity index (χ4n) is 16.0. The van der Waals surface area contributed by atoms with Gasteiger partial charge in [0.1, 0.15) is 76.0 Å². The minimum absolute atomic E-state index is 0.00879. The van der Waals surface area contributed by atoms with Gasteiger partial charge < -0.3 is 98.2 Å². The summed E-state index contributed by atoms with van der Waals surface area (Å²) in [5, 5.41) is 82.5. The molecule has 6 aliphatic rings. The van der Waals surface area contributed by atoms with Crippen LogP contribution in [0.25, 0.3) is 0 Å². The van der Waals surface area contributed by atoms with Gasteiger partial charge in [-0.2, -0.15) is 0 Å². The summed E-state index contributed by atoms with van der Waals surface area (Å²) in [7, 11) is 1.21. The van der Waals surface area contributed by atoms with Crippen LogP contribution in [0.4, 0.5) is 0 Å². The topological polar surface area (TPSA) is 386 Å². The van der Waals surface area contributed by atoms with Crippen LogP contribution in [0, 0.1) is 16.7 Å². The van der Waals surface area contributed by atoms with Crippen LogP contribution in [0.15, 0.2) is 102 Å². The summed E-state index contributed by atoms with van der Waals surface area (Å²) in [6.45, 7) is 17.1. The average molecular weight is 1370 g/mol. The first-order chi connectivity index (χ1) is 45.5. The molecule has 7 N–H and O–H groups in total. The summed E-state index contributed by atoms with van der Waals surface area (Å²) in [4.78, 5) is 115. The Balaban J connectivity index is 1.15. The van der Waals surface area contributed by atoms with Crippen molar-refractivity contribution in [3.63, 3.8) is 0 Å². The van der Waals surface area contributed by atoms with Crippen molar-refractivity contribution >= 4 is 47.4 Å². The maximum atomic E-state index is 16.0. The van der Waals surface area contributed by atoms with Gasteiger partial charge in [-0.05, 0) is 110 Å². The molecule has 9 rings (SSSR count). The molecule has 3 saturated heterocycles. The highest BCUT2D eigenvalue weighted by Crippen LogP contribution is 2.65. The number of rotatable bonds is 20. The Labute approximate surface area is 568 Å². The summed E-state index contributed by atoms with van der Waals surface area (Å²) in [5.74, 6) is -10.0. The quantitative estimate of drug-likeness (QED) is 0.0281. The van der Waals surface area contributed by atoms with Crippen molar-refractivity contribution in [3.8, 4) is 0 Å². The summed E-state index contributed by atoms with van der Waals surface area (Å²) >= 11 is 0. The largest absolute Gasteiger partial charge is 0.547 e. The normalized spacial score (nSPS) is 39.3. The SMILES string of the molecule is COC1(C)C(O)C(C)(COCO[C@@H](C(=O)OC2C[C@@]3(O)[C@@H](OC(=O)c4ccccc4)[C@@H]4[C@]5(OC(C)=O)CO[C@@H]5C[C@H](O)[C@@]4(C)C(=O)[C@H](OC(C)=O)C(=C2C)C3(C)C)[C@@H](NC(=O)c2ccccc2)c2ccccc2)OC(OC2(C)C(C)(C(=O)[O-])OC(C)C(C)(O)C2(C)O)C1(C)NC(C)=O. The molecular formula is C71H91N2O25-. The van der Waals surface area contributed by atoms with E-state index in [-0.39, 0.29) is 34.3 Å². The molecule has 2 saturated carbocycles. The minimum atomic E-state index is -2.59. The van der Waals surface area contributed by atoms with Gasteiger partial charge in [0.2, 0.25) is 5.91 Å². The third-order valence-electron chi connectivity index (χ3n) is 22.8. The molecule has 98 heavy (non-hydrogen) atoms. The van der Waals surface area contributed by atoms with Crippen molar-refractivity contribution < 1.29 is 121 Å². The van der Waals surface area contributed by atoms with Gasteiger partial charge in [0.25, 0.3) is 5.91 Å². The number of methoxy groups -OCH3 is 1. The zero-order valence-electron chi connectivity index (χ0n) is 57.9. The first-order valence-corrected chi connectivity index (χ1v) is 32.4. The van der Waals surface area contributed by atoms with Crippen LogP contribution in [0.3, 0.4) is 0 Å². The molecule has 21 atom stereocenters. The summed E-state index contributed by atoms with van der Waals surface area (Å²) in [6, 6.07) is 22.2. The number of esters is 4. The number of aliphatic hydroxyl groups excluding tert-OH is 2. The second-order valence-electron chi connectivity index (χ2n) is 28.8. The Morgan fingerprint density at radius 1 is 0.765 bits per heavy atom. The van der Waals surface area contributed by atoms with E-state index < -0.39 is 202 Å². The van der Waals surface area contributed by atoms with Gasteiger partial charge >= 0.3 is 23.9 Å². The summed E-state index contributed by atoms with van der Waals surface area (Å²) < 4.78 is 69.4. The number of carboxylic acids is 1. The number of ketones is 1. The molecule has 27 nitrogen and oxygen atoms in total. The molecule has 0 aromatic heterocycles. The van der Waals surface area contributed by atoms with Crippen LogP contribution >= 0.6 is 0 Å². The van der Waals surface area contributed by atoms with E-state index in [4.69, 9.17) is 52.1 Å². The van der Waals surface area contributed by atoms with Gasteiger partial charge in [-0.15, -0.1) is 0 Å². The zero-order chi connectivity index (χ0) is 72.7. The third kappa shape index (κ3) is 11.8. The number of benzene rings is 3. The number of fused-ring (bicyclic) bond motifs is 5. The molecule has 27 heteroatoms. The number of Topliss-reactive ketones (excluding diaryl/α,β-unsaturated/α-hetero) is 1. The Kier molecular flexibility index (Phi) is 20.3. The number of aliphatic hydroxyl groups is 5. The number of hydrogen-bond acceptors (Lipinski definition) is 25. The second kappa shape index (κ2) is 26.4. The van der Waals surface area contributed by atoms with E-state index in [2.05, 4.69) is 10.6 Å². The lowest BCUT2D eigenvalue weighted by atomic mass is 9.44. The lowest BCUT2D eigenvalue weighted by Gasteiger charge is -2.67. The molecule has 2 amide bonds. The maximum absolute atomic E-state index is 16.0. The molecule has 3 aliphatic heterocycles. The Bertz CT molecular complexity index is 3610. The number of aliphatic carboxylic acids is 1. The maximum Gasteiger partial charge on any atom is 0.338 e. The highest BCUT2D eigenvalue weighted by molar-refractivity contribution is 5.96. The van der Waals surface area contributed by atoms with Crippen molar-refractivity contribution in [1.82, 2.24) is 10.6 Å². The number of carbonyl (C=O) groups is 8. The van der Waals surface area contributed by atoms with Crippen LogP contribution in [-0.4, -0.2) is 206 Å². The predicted molar refractivity (Wildman–Crippen MR) is 339 cm³/mol. The van der Waals surface area contributed by atoms with Crippen LogP contribution < -0.4 is 15.7 Å². The molecular weight excluding hydrogens is 1280 g/mol. The Hall–Kier alpha value is -7.12. The van der Waals surface area contributed by atoms with Crippen LogP contribution in [0.1, 0.15) is 149 Å². The van der Waals surface area contributed by atoms with Gasteiger partial charge in [-0.25, -0.2) is 9.59 Å². The molecule has 2 bridgehead atoms. The van der Waals surface area contributed by atoms with Crippen LogP contribution in [0.5, 0.6) is 0 Å². The predicted octanol–water partition coefficient (Wildman–Crippen LogP) is 2.71. The number of ether oxygens (including phenoxy) is 11. The van der Waals surface area contributed by atoms with Crippen LogP contribution in [-0.2, 0) is 80.9 Å². The van der Waals surface area contributed by atoms with E-state index in [1.165, 1.54) is 93.7 Å². The third-order valence-corrected chi connectivity index (χ3v) is 22.8. The van der Waals surface area contributed by atoms with Crippen molar-refractivity contribution in [1.29, 1.82) is 0 Å². The van der Waals surface area contributed by atoms with Crippen LogP contribution in [0.2, 0.25) is 0 Å².